The van der Waals surface area contributed by atoms with Gasteiger partial charge in [-0.25, -0.2) is 0 Å². The predicted molar refractivity (Wildman–Crippen MR) is 81.2 cm³/mol. The van der Waals surface area contributed by atoms with E-state index in [1.54, 1.807) is 6.42 Å². The first kappa shape index (κ1) is 13.9. The normalized spacial score (nSPS) is 45.9. The number of nitrogens with zero attached hydrogens (tertiary/aromatic N) is 1. The molecule has 1 heterocycles. The van der Waals surface area contributed by atoms with Crippen LogP contribution in [0.2, 0.25) is 0 Å². The average molecular weight is 264 g/mol. The molecule has 6 atom stereocenters. The topological polar surface area (TPSA) is 15.3 Å². The fourth-order valence-corrected chi connectivity index (χ4v) is 4.95. The van der Waals surface area contributed by atoms with Crippen LogP contribution in [-0.4, -0.2) is 36.6 Å². The average Bonchev–Trinajstić information content (AvgIpc) is 3.00. The minimum atomic E-state index is 0.692. The van der Waals surface area contributed by atoms with E-state index in [1.165, 1.54) is 45.3 Å². The molecule has 19 heavy (non-hydrogen) atoms. The molecule has 3 rings (SSSR count). The second kappa shape index (κ2) is 5.73. The van der Waals surface area contributed by atoms with E-state index in [4.69, 9.17) is 0 Å². The van der Waals surface area contributed by atoms with Gasteiger partial charge in [0, 0.05) is 18.6 Å². The van der Waals surface area contributed by atoms with Crippen LogP contribution in [0.5, 0.6) is 0 Å². The predicted octanol–water partition coefficient (Wildman–Crippen LogP) is 3.13. The molecule has 0 aromatic rings. The fourth-order valence-electron chi connectivity index (χ4n) is 4.95. The summed E-state index contributed by atoms with van der Waals surface area (Å²) < 4.78 is 0. The quantitative estimate of drug-likeness (QED) is 0.824. The van der Waals surface area contributed by atoms with E-state index in [0.29, 0.717) is 6.04 Å². The molecule has 3 aliphatic rings. The zero-order valence-corrected chi connectivity index (χ0v) is 13.1. The number of nitrogens with one attached hydrogen (secondary N) is 1. The van der Waals surface area contributed by atoms with E-state index in [9.17, 15) is 0 Å². The minimum absolute atomic E-state index is 0.692. The first-order chi connectivity index (χ1) is 9.13. The molecule has 0 radical (unpaired) electrons. The molecule has 1 aliphatic heterocycles. The lowest BCUT2D eigenvalue weighted by atomic mass is 9.83. The molecule has 1 N–H and O–H groups in total. The van der Waals surface area contributed by atoms with Crippen molar-refractivity contribution >= 4 is 0 Å². The summed E-state index contributed by atoms with van der Waals surface area (Å²) in [6.07, 6.45) is 7.46. The highest BCUT2D eigenvalue weighted by molar-refractivity contribution is 4.95. The Balaban J connectivity index is 1.62. The fraction of sp³-hybridized carbons (Fsp3) is 1.00. The van der Waals surface area contributed by atoms with Crippen molar-refractivity contribution in [2.75, 3.05) is 19.6 Å². The van der Waals surface area contributed by atoms with E-state index < -0.39 is 0 Å². The Bertz CT molecular complexity index is 304. The third-order valence-corrected chi connectivity index (χ3v) is 6.20. The van der Waals surface area contributed by atoms with Gasteiger partial charge in [0.1, 0.15) is 0 Å². The Hall–Kier alpha value is -0.0800. The van der Waals surface area contributed by atoms with Gasteiger partial charge in [-0.15, -0.1) is 0 Å². The highest BCUT2D eigenvalue weighted by Crippen LogP contribution is 2.50. The maximum atomic E-state index is 3.66. The molecule has 6 unspecified atom stereocenters. The molecule has 0 amide bonds. The maximum absolute atomic E-state index is 3.66. The molecule has 1 saturated heterocycles. The van der Waals surface area contributed by atoms with Crippen molar-refractivity contribution in [3.8, 4) is 0 Å². The Labute approximate surface area is 119 Å². The molecule has 110 valence electrons. The minimum Gasteiger partial charge on any atom is -0.314 e. The van der Waals surface area contributed by atoms with Gasteiger partial charge in [0.25, 0.3) is 0 Å². The Morgan fingerprint density at radius 1 is 1.11 bits per heavy atom. The second-order valence-electron chi connectivity index (χ2n) is 7.78. The van der Waals surface area contributed by atoms with Crippen LogP contribution < -0.4 is 5.32 Å². The Morgan fingerprint density at radius 2 is 1.95 bits per heavy atom. The summed E-state index contributed by atoms with van der Waals surface area (Å²) in [5, 5.41) is 3.66. The van der Waals surface area contributed by atoms with E-state index in [2.05, 4.69) is 31.0 Å². The summed E-state index contributed by atoms with van der Waals surface area (Å²) >= 11 is 0. The number of hydrogen-bond donors (Lipinski definition) is 1. The summed E-state index contributed by atoms with van der Waals surface area (Å²) in [5.74, 6) is 3.96. The molecule has 2 saturated carbocycles. The van der Waals surface area contributed by atoms with Crippen LogP contribution >= 0.6 is 0 Å². The SMILES string of the molecule is CC1CNC(C)CCN(C(C)C2CC3CCC2C3)C1. The summed E-state index contributed by atoms with van der Waals surface area (Å²) in [6.45, 7) is 11.1. The van der Waals surface area contributed by atoms with Gasteiger partial charge in [-0.05, 0) is 76.3 Å². The van der Waals surface area contributed by atoms with Crippen LogP contribution in [0.3, 0.4) is 0 Å². The van der Waals surface area contributed by atoms with Gasteiger partial charge >= 0.3 is 0 Å². The maximum Gasteiger partial charge on any atom is 0.00980 e. The van der Waals surface area contributed by atoms with Gasteiger partial charge in [0.15, 0.2) is 0 Å². The largest absolute Gasteiger partial charge is 0.314 e. The van der Waals surface area contributed by atoms with E-state index >= 15 is 0 Å². The molecule has 0 aromatic carbocycles. The van der Waals surface area contributed by atoms with Crippen molar-refractivity contribution in [3.05, 3.63) is 0 Å². The van der Waals surface area contributed by atoms with Crippen LogP contribution in [0.25, 0.3) is 0 Å². The Kier molecular flexibility index (Phi) is 4.19. The molecular formula is C17H32N2. The van der Waals surface area contributed by atoms with Crippen LogP contribution in [0.1, 0.15) is 52.9 Å². The van der Waals surface area contributed by atoms with Crippen molar-refractivity contribution in [1.82, 2.24) is 10.2 Å². The molecule has 2 nitrogen and oxygen atoms in total. The van der Waals surface area contributed by atoms with Crippen LogP contribution in [0.4, 0.5) is 0 Å². The monoisotopic (exact) mass is 264 g/mol. The van der Waals surface area contributed by atoms with Gasteiger partial charge in [-0.1, -0.05) is 13.3 Å². The molecule has 2 heteroatoms. The standard InChI is InChI=1S/C17H32N2/c1-12-10-18-13(2)6-7-19(11-12)14(3)17-9-15-4-5-16(17)8-15/h12-18H,4-11H2,1-3H3. The van der Waals surface area contributed by atoms with Crippen LogP contribution in [-0.2, 0) is 0 Å². The van der Waals surface area contributed by atoms with Gasteiger partial charge < -0.3 is 10.2 Å². The van der Waals surface area contributed by atoms with Crippen molar-refractivity contribution in [1.29, 1.82) is 0 Å². The lowest BCUT2D eigenvalue weighted by molar-refractivity contribution is 0.0924. The zero-order chi connectivity index (χ0) is 13.4. The summed E-state index contributed by atoms with van der Waals surface area (Å²) in [5.41, 5.74) is 0. The smallest absolute Gasteiger partial charge is 0.00980 e. The van der Waals surface area contributed by atoms with Crippen molar-refractivity contribution < 1.29 is 0 Å². The summed E-state index contributed by atoms with van der Waals surface area (Å²) in [6, 6.07) is 1.51. The van der Waals surface area contributed by atoms with Gasteiger partial charge in [-0.3, -0.25) is 0 Å². The number of hydrogen-bond acceptors (Lipinski definition) is 2. The van der Waals surface area contributed by atoms with E-state index in [0.717, 1.165) is 29.7 Å². The van der Waals surface area contributed by atoms with Gasteiger partial charge in [0.2, 0.25) is 0 Å². The molecule has 0 spiro atoms. The van der Waals surface area contributed by atoms with E-state index in [1.807, 2.05) is 0 Å². The highest BCUT2D eigenvalue weighted by Gasteiger charge is 2.43. The molecule has 3 fully saturated rings. The first-order valence-electron chi connectivity index (χ1n) is 8.61. The third-order valence-electron chi connectivity index (χ3n) is 6.20. The lowest BCUT2D eigenvalue weighted by Crippen LogP contribution is -2.48. The van der Waals surface area contributed by atoms with Gasteiger partial charge in [-0.2, -0.15) is 0 Å². The molecule has 2 aliphatic carbocycles. The zero-order valence-electron chi connectivity index (χ0n) is 13.1. The lowest BCUT2D eigenvalue weighted by Gasteiger charge is -2.40. The van der Waals surface area contributed by atoms with E-state index in [-0.39, 0.29) is 0 Å². The van der Waals surface area contributed by atoms with Crippen molar-refractivity contribution in [2.24, 2.45) is 23.7 Å². The Morgan fingerprint density at radius 3 is 2.63 bits per heavy atom. The number of rotatable bonds is 2. The molecule has 0 aromatic heterocycles. The van der Waals surface area contributed by atoms with Crippen molar-refractivity contribution in [3.63, 3.8) is 0 Å². The molecule has 2 bridgehead atoms. The summed E-state index contributed by atoms with van der Waals surface area (Å²) in [7, 11) is 0. The van der Waals surface area contributed by atoms with Crippen LogP contribution in [0.15, 0.2) is 0 Å². The van der Waals surface area contributed by atoms with Gasteiger partial charge in [0.05, 0.1) is 0 Å². The van der Waals surface area contributed by atoms with Crippen LogP contribution in [0, 0.1) is 23.7 Å². The highest BCUT2D eigenvalue weighted by atomic mass is 15.2. The first-order valence-corrected chi connectivity index (χ1v) is 8.61. The number of fused-ring (bicyclic) bond motifs is 2. The van der Waals surface area contributed by atoms with Crippen molar-refractivity contribution in [2.45, 2.75) is 65.0 Å². The molecular weight excluding hydrogens is 232 g/mol. The second-order valence-corrected chi connectivity index (χ2v) is 7.78. The third kappa shape index (κ3) is 3.00. The summed E-state index contributed by atoms with van der Waals surface area (Å²) in [4.78, 5) is 2.83.